The first-order valence-electron chi connectivity index (χ1n) is 6.46. The van der Waals surface area contributed by atoms with Crippen LogP contribution in [0.4, 0.5) is 0 Å². The van der Waals surface area contributed by atoms with Gasteiger partial charge in [0.2, 0.25) is 0 Å². The van der Waals surface area contributed by atoms with E-state index in [9.17, 15) is 9.59 Å². The van der Waals surface area contributed by atoms with Crippen LogP contribution >= 0.6 is 0 Å². The number of aromatic nitrogens is 3. The second-order valence-electron chi connectivity index (χ2n) is 4.94. The zero-order valence-corrected chi connectivity index (χ0v) is 10.8. The summed E-state index contributed by atoms with van der Waals surface area (Å²) in [6.07, 6.45) is 4.55. The van der Waals surface area contributed by atoms with E-state index in [1.807, 2.05) is 0 Å². The molecule has 1 N–H and O–H groups in total. The zero-order valence-electron chi connectivity index (χ0n) is 10.8. The lowest BCUT2D eigenvalue weighted by Crippen LogP contribution is -2.42. The molecule has 7 nitrogen and oxygen atoms in total. The summed E-state index contributed by atoms with van der Waals surface area (Å²) in [4.78, 5) is 25.1. The van der Waals surface area contributed by atoms with Crippen molar-refractivity contribution in [2.45, 2.75) is 12.8 Å². The van der Waals surface area contributed by atoms with Crippen LogP contribution in [0.5, 0.6) is 0 Å². The SMILES string of the molecule is O=C(O)[C@@H]1CCCN(C(=O)c2ccc3nncn3c2)C1. The number of hydrogen-bond acceptors (Lipinski definition) is 4. The van der Waals surface area contributed by atoms with E-state index >= 15 is 0 Å². The minimum Gasteiger partial charge on any atom is -0.481 e. The van der Waals surface area contributed by atoms with Crippen molar-refractivity contribution in [2.24, 2.45) is 5.92 Å². The van der Waals surface area contributed by atoms with E-state index in [2.05, 4.69) is 10.2 Å². The molecule has 3 rings (SSSR count). The summed E-state index contributed by atoms with van der Waals surface area (Å²) >= 11 is 0. The fourth-order valence-corrected chi connectivity index (χ4v) is 2.50. The fraction of sp³-hybridized carbons (Fsp3) is 0.385. The number of rotatable bonds is 2. The number of nitrogens with zero attached hydrogens (tertiary/aromatic N) is 4. The predicted molar refractivity (Wildman–Crippen MR) is 69.3 cm³/mol. The van der Waals surface area contributed by atoms with Gasteiger partial charge in [-0.15, -0.1) is 10.2 Å². The van der Waals surface area contributed by atoms with Crippen LogP contribution in [0.15, 0.2) is 24.7 Å². The van der Waals surface area contributed by atoms with Crippen LogP contribution in [-0.2, 0) is 4.79 Å². The summed E-state index contributed by atoms with van der Waals surface area (Å²) in [5.41, 5.74) is 1.19. The smallest absolute Gasteiger partial charge is 0.308 e. The molecular weight excluding hydrogens is 260 g/mol. The van der Waals surface area contributed by atoms with Crippen LogP contribution in [0.1, 0.15) is 23.2 Å². The molecule has 0 aliphatic carbocycles. The molecule has 0 radical (unpaired) electrons. The number of carbonyl (C=O) groups is 2. The van der Waals surface area contributed by atoms with Gasteiger partial charge < -0.3 is 10.0 Å². The van der Waals surface area contributed by atoms with Crippen molar-refractivity contribution in [3.8, 4) is 0 Å². The largest absolute Gasteiger partial charge is 0.481 e. The summed E-state index contributed by atoms with van der Waals surface area (Å²) in [7, 11) is 0. The minimum atomic E-state index is -0.836. The Bertz CT molecular complexity index is 666. The molecule has 1 atom stereocenters. The lowest BCUT2D eigenvalue weighted by Gasteiger charge is -2.30. The third-order valence-electron chi connectivity index (χ3n) is 3.60. The van der Waals surface area contributed by atoms with Crippen molar-refractivity contribution in [2.75, 3.05) is 13.1 Å². The second kappa shape index (κ2) is 4.92. The molecule has 0 saturated carbocycles. The van der Waals surface area contributed by atoms with Gasteiger partial charge in [0.25, 0.3) is 5.91 Å². The van der Waals surface area contributed by atoms with Crippen LogP contribution in [0.3, 0.4) is 0 Å². The molecule has 1 fully saturated rings. The second-order valence-corrected chi connectivity index (χ2v) is 4.94. The maximum Gasteiger partial charge on any atom is 0.308 e. The van der Waals surface area contributed by atoms with Gasteiger partial charge in [0.05, 0.1) is 11.5 Å². The Hall–Kier alpha value is -2.44. The minimum absolute atomic E-state index is 0.147. The molecule has 0 unspecified atom stereocenters. The van der Waals surface area contributed by atoms with Crippen molar-refractivity contribution in [3.05, 3.63) is 30.2 Å². The number of hydrogen-bond donors (Lipinski definition) is 1. The van der Waals surface area contributed by atoms with E-state index in [1.54, 1.807) is 27.6 Å². The number of fused-ring (bicyclic) bond motifs is 1. The van der Waals surface area contributed by atoms with Crippen molar-refractivity contribution in [1.29, 1.82) is 0 Å². The number of aliphatic carboxylic acids is 1. The van der Waals surface area contributed by atoms with Crippen molar-refractivity contribution in [3.63, 3.8) is 0 Å². The standard InChI is InChI=1S/C13H14N4O3/c18-12(16-5-1-2-10(7-16)13(19)20)9-3-4-11-15-14-8-17(11)6-9/h3-4,6,8,10H,1-2,5,7H2,(H,19,20)/t10-/m1/s1. The molecule has 1 saturated heterocycles. The monoisotopic (exact) mass is 274 g/mol. The number of amides is 1. The van der Waals surface area contributed by atoms with E-state index in [-0.39, 0.29) is 12.5 Å². The normalized spacial score (nSPS) is 19.2. The number of likely N-dealkylation sites (tertiary alicyclic amines) is 1. The van der Waals surface area contributed by atoms with Gasteiger partial charge in [0.15, 0.2) is 5.65 Å². The van der Waals surface area contributed by atoms with Crippen molar-refractivity contribution >= 4 is 17.5 Å². The lowest BCUT2D eigenvalue weighted by atomic mass is 9.98. The van der Waals surface area contributed by atoms with E-state index < -0.39 is 11.9 Å². The van der Waals surface area contributed by atoms with Crippen LogP contribution in [0, 0.1) is 5.92 Å². The molecule has 2 aromatic rings. The summed E-state index contributed by atoms with van der Waals surface area (Å²) in [5.74, 6) is -1.45. The number of pyridine rings is 1. The molecule has 1 aliphatic rings. The van der Waals surface area contributed by atoms with Crippen molar-refractivity contribution in [1.82, 2.24) is 19.5 Å². The van der Waals surface area contributed by atoms with Gasteiger partial charge in [0.1, 0.15) is 6.33 Å². The summed E-state index contributed by atoms with van der Waals surface area (Å²) in [5, 5.41) is 16.7. The maximum atomic E-state index is 12.4. The molecular formula is C13H14N4O3. The van der Waals surface area contributed by atoms with E-state index in [1.165, 1.54) is 6.33 Å². The third kappa shape index (κ3) is 2.22. The maximum absolute atomic E-state index is 12.4. The first-order chi connectivity index (χ1) is 9.65. The molecule has 0 aromatic carbocycles. The molecule has 7 heteroatoms. The van der Waals surface area contributed by atoms with Gasteiger partial charge in [0, 0.05) is 19.3 Å². The Morgan fingerprint density at radius 1 is 1.35 bits per heavy atom. The lowest BCUT2D eigenvalue weighted by molar-refractivity contribution is -0.143. The topological polar surface area (TPSA) is 87.8 Å². The quantitative estimate of drug-likeness (QED) is 0.869. The van der Waals surface area contributed by atoms with Crippen molar-refractivity contribution < 1.29 is 14.7 Å². The Morgan fingerprint density at radius 2 is 2.20 bits per heavy atom. The molecule has 0 spiro atoms. The van der Waals surface area contributed by atoms with E-state index in [0.717, 1.165) is 6.42 Å². The van der Waals surface area contributed by atoms with Gasteiger partial charge >= 0.3 is 5.97 Å². The van der Waals surface area contributed by atoms with E-state index in [4.69, 9.17) is 5.11 Å². The van der Waals surface area contributed by atoms with Crippen LogP contribution in [-0.4, -0.2) is 49.6 Å². The van der Waals surface area contributed by atoms with Crippen LogP contribution in [0.25, 0.3) is 5.65 Å². The Labute approximate surface area is 114 Å². The Balaban J connectivity index is 1.82. The van der Waals surface area contributed by atoms with Gasteiger partial charge in [-0.2, -0.15) is 0 Å². The van der Waals surface area contributed by atoms with Crippen LogP contribution in [0.2, 0.25) is 0 Å². The molecule has 2 aromatic heterocycles. The molecule has 1 amide bonds. The highest BCUT2D eigenvalue weighted by Gasteiger charge is 2.28. The number of carboxylic acid groups (broad SMARTS) is 1. The molecule has 1 aliphatic heterocycles. The average molecular weight is 274 g/mol. The predicted octanol–water partition coefficient (Wildman–Crippen LogP) is 0.666. The van der Waals surface area contributed by atoms with Gasteiger partial charge in [-0.3, -0.25) is 14.0 Å². The molecule has 0 bridgehead atoms. The molecule has 3 heterocycles. The highest BCUT2D eigenvalue weighted by atomic mass is 16.4. The highest BCUT2D eigenvalue weighted by Crippen LogP contribution is 2.19. The first-order valence-corrected chi connectivity index (χ1v) is 6.46. The average Bonchev–Trinajstić information content (AvgIpc) is 2.94. The fourth-order valence-electron chi connectivity index (χ4n) is 2.50. The Kier molecular flexibility index (Phi) is 3.09. The highest BCUT2D eigenvalue weighted by molar-refractivity contribution is 5.94. The molecule has 20 heavy (non-hydrogen) atoms. The molecule has 104 valence electrons. The zero-order chi connectivity index (χ0) is 14.1. The number of carbonyl (C=O) groups excluding carboxylic acids is 1. The summed E-state index contributed by atoms with van der Waals surface area (Å²) < 4.78 is 1.67. The summed E-state index contributed by atoms with van der Waals surface area (Å²) in [6, 6.07) is 3.41. The number of carboxylic acids is 1. The van der Waals surface area contributed by atoms with Gasteiger partial charge in [-0.25, -0.2) is 0 Å². The van der Waals surface area contributed by atoms with Gasteiger partial charge in [-0.1, -0.05) is 0 Å². The first kappa shape index (κ1) is 12.6. The van der Waals surface area contributed by atoms with Gasteiger partial charge in [-0.05, 0) is 25.0 Å². The third-order valence-corrected chi connectivity index (χ3v) is 3.60. The Morgan fingerprint density at radius 3 is 3.00 bits per heavy atom. The summed E-state index contributed by atoms with van der Waals surface area (Å²) in [6.45, 7) is 0.872. The number of piperidine rings is 1. The van der Waals surface area contributed by atoms with Crippen LogP contribution < -0.4 is 0 Å². The van der Waals surface area contributed by atoms with E-state index in [0.29, 0.717) is 24.2 Å².